The molecule has 0 saturated carbocycles. The van der Waals surface area contributed by atoms with Crippen molar-refractivity contribution in [3.8, 4) is 0 Å². The Morgan fingerprint density at radius 3 is 2.18 bits per heavy atom. The molecule has 2 N–H and O–H groups in total. The Labute approximate surface area is 129 Å². The molecule has 1 aromatic rings. The number of rotatable bonds is 7. The second-order valence-corrected chi connectivity index (χ2v) is 6.87. The lowest BCUT2D eigenvalue weighted by atomic mass is 10.1. The van der Waals surface area contributed by atoms with Gasteiger partial charge in [-0.2, -0.15) is 4.72 Å². The van der Waals surface area contributed by atoms with Crippen LogP contribution < -0.4 is 4.72 Å². The predicted molar refractivity (Wildman–Crippen MR) is 79.0 cm³/mol. The van der Waals surface area contributed by atoms with Crippen molar-refractivity contribution < 1.29 is 27.9 Å². The number of ether oxygens (including phenoxy) is 1. The SMILES string of the molecule is COC(=O)c1ccc(S(=O)(=O)N[C@H](CC(C)C)C(=O)O)cc1. The zero-order valence-corrected chi connectivity index (χ0v) is 13.4. The molecule has 0 aliphatic rings. The van der Waals surface area contributed by atoms with Gasteiger partial charge in [0.1, 0.15) is 6.04 Å². The number of carbonyl (C=O) groups excluding carboxylic acids is 1. The summed E-state index contributed by atoms with van der Waals surface area (Å²) in [6, 6.07) is 3.86. The summed E-state index contributed by atoms with van der Waals surface area (Å²) in [5, 5.41) is 9.09. The molecular weight excluding hydrogens is 310 g/mol. The van der Waals surface area contributed by atoms with Crippen molar-refractivity contribution >= 4 is 22.0 Å². The summed E-state index contributed by atoms with van der Waals surface area (Å²) in [5.74, 6) is -1.80. The zero-order valence-electron chi connectivity index (χ0n) is 12.6. The van der Waals surface area contributed by atoms with Crippen LogP contribution in [0.1, 0.15) is 30.6 Å². The maximum Gasteiger partial charge on any atom is 0.337 e. The molecule has 1 aromatic carbocycles. The second kappa shape index (κ2) is 7.37. The fraction of sp³-hybridized carbons (Fsp3) is 0.429. The van der Waals surface area contributed by atoms with E-state index >= 15 is 0 Å². The predicted octanol–water partition coefficient (Wildman–Crippen LogP) is 1.25. The van der Waals surface area contributed by atoms with Crippen LogP contribution in [-0.2, 0) is 19.6 Å². The summed E-state index contributed by atoms with van der Waals surface area (Å²) in [5.41, 5.74) is 0.207. The standard InChI is InChI=1S/C14H19NO6S/c1-9(2)8-12(13(16)17)15-22(19,20)11-6-4-10(5-7-11)14(18)21-3/h4-7,9,12,15H,8H2,1-3H3,(H,16,17)/t12-/m1/s1. The molecule has 0 unspecified atom stereocenters. The number of hydrogen-bond donors (Lipinski definition) is 2. The van der Waals surface area contributed by atoms with Crippen LogP contribution in [0, 0.1) is 5.92 Å². The van der Waals surface area contributed by atoms with E-state index < -0.39 is 28.0 Å². The van der Waals surface area contributed by atoms with Gasteiger partial charge in [0.05, 0.1) is 17.6 Å². The molecule has 8 heteroatoms. The Bertz CT molecular complexity index is 636. The third-order valence-electron chi connectivity index (χ3n) is 2.89. The summed E-state index contributed by atoms with van der Waals surface area (Å²) in [6.07, 6.45) is 0.175. The molecule has 22 heavy (non-hydrogen) atoms. The summed E-state index contributed by atoms with van der Waals surface area (Å²) < 4.78 is 31.1. The van der Waals surface area contributed by atoms with Crippen molar-refractivity contribution in [1.82, 2.24) is 4.72 Å². The largest absolute Gasteiger partial charge is 0.480 e. The number of aliphatic carboxylic acids is 1. The maximum absolute atomic E-state index is 12.2. The zero-order chi connectivity index (χ0) is 16.9. The molecule has 0 heterocycles. The van der Waals surface area contributed by atoms with Crippen LogP contribution in [0.2, 0.25) is 0 Å². The number of sulfonamides is 1. The van der Waals surface area contributed by atoms with E-state index in [-0.39, 0.29) is 22.8 Å². The fourth-order valence-corrected chi connectivity index (χ4v) is 3.02. The van der Waals surface area contributed by atoms with Crippen LogP contribution in [-0.4, -0.2) is 38.6 Å². The third-order valence-corrected chi connectivity index (χ3v) is 4.38. The highest BCUT2D eigenvalue weighted by Gasteiger charge is 2.26. The van der Waals surface area contributed by atoms with E-state index in [0.29, 0.717) is 0 Å². The maximum atomic E-state index is 12.2. The van der Waals surface area contributed by atoms with Gasteiger partial charge in [-0.05, 0) is 36.6 Å². The van der Waals surface area contributed by atoms with E-state index in [1.807, 2.05) is 0 Å². The van der Waals surface area contributed by atoms with Gasteiger partial charge < -0.3 is 9.84 Å². The summed E-state index contributed by atoms with van der Waals surface area (Å²) >= 11 is 0. The van der Waals surface area contributed by atoms with Gasteiger partial charge in [-0.1, -0.05) is 13.8 Å². The minimum atomic E-state index is -3.98. The first kappa shape index (κ1) is 18.1. The van der Waals surface area contributed by atoms with Crippen LogP contribution in [0.15, 0.2) is 29.2 Å². The van der Waals surface area contributed by atoms with Gasteiger partial charge in [-0.3, -0.25) is 4.79 Å². The van der Waals surface area contributed by atoms with E-state index in [1.165, 1.54) is 31.4 Å². The van der Waals surface area contributed by atoms with Crippen molar-refractivity contribution in [2.24, 2.45) is 5.92 Å². The van der Waals surface area contributed by atoms with Crippen molar-refractivity contribution in [2.75, 3.05) is 7.11 Å². The summed E-state index contributed by atoms with van der Waals surface area (Å²) in [7, 11) is -2.76. The molecule has 7 nitrogen and oxygen atoms in total. The second-order valence-electron chi connectivity index (χ2n) is 5.16. The number of benzene rings is 1. The van der Waals surface area contributed by atoms with Crippen molar-refractivity contribution in [3.05, 3.63) is 29.8 Å². The van der Waals surface area contributed by atoms with Gasteiger partial charge in [0.2, 0.25) is 10.0 Å². The first-order chi connectivity index (χ1) is 10.2. The molecule has 0 aliphatic heterocycles. The highest BCUT2D eigenvalue weighted by molar-refractivity contribution is 7.89. The monoisotopic (exact) mass is 329 g/mol. The van der Waals surface area contributed by atoms with E-state index in [0.717, 1.165) is 0 Å². The van der Waals surface area contributed by atoms with Gasteiger partial charge in [0, 0.05) is 0 Å². The quantitative estimate of drug-likeness (QED) is 0.729. The van der Waals surface area contributed by atoms with Crippen molar-refractivity contribution in [2.45, 2.75) is 31.2 Å². The van der Waals surface area contributed by atoms with Crippen LogP contribution in [0.3, 0.4) is 0 Å². The molecule has 0 amide bonds. The average Bonchev–Trinajstić information content (AvgIpc) is 2.45. The molecule has 122 valence electrons. The van der Waals surface area contributed by atoms with Crippen LogP contribution in [0.4, 0.5) is 0 Å². The van der Waals surface area contributed by atoms with Gasteiger partial charge in [-0.25, -0.2) is 13.2 Å². The van der Waals surface area contributed by atoms with E-state index in [9.17, 15) is 18.0 Å². The normalized spacial score (nSPS) is 12.9. The van der Waals surface area contributed by atoms with Crippen LogP contribution in [0.5, 0.6) is 0 Å². The molecule has 1 atom stereocenters. The Kier molecular flexibility index (Phi) is 6.07. The molecule has 0 aliphatic carbocycles. The molecular formula is C14H19NO6S. The minimum absolute atomic E-state index is 0.0190. The van der Waals surface area contributed by atoms with Gasteiger partial charge in [0.25, 0.3) is 0 Å². The Hall–Kier alpha value is -1.93. The fourth-order valence-electron chi connectivity index (χ4n) is 1.81. The lowest BCUT2D eigenvalue weighted by Gasteiger charge is -2.16. The number of hydrogen-bond acceptors (Lipinski definition) is 5. The molecule has 0 aromatic heterocycles. The van der Waals surface area contributed by atoms with E-state index in [2.05, 4.69) is 9.46 Å². The minimum Gasteiger partial charge on any atom is -0.480 e. The van der Waals surface area contributed by atoms with Crippen molar-refractivity contribution in [3.63, 3.8) is 0 Å². The number of esters is 1. The Morgan fingerprint density at radius 2 is 1.77 bits per heavy atom. The number of carboxylic acid groups (broad SMARTS) is 1. The van der Waals surface area contributed by atoms with Crippen LogP contribution >= 0.6 is 0 Å². The first-order valence-corrected chi connectivity index (χ1v) is 8.09. The summed E-state index contributed by atoms with van der Waals surface area (Å²) in [6.45, 7) is 3.60. The highest BCUT2D eigenvalue weighted by atomic mass is 32.2. The highest BCUT2D eigenvalue weighted by Crippen LogP contribution is 2.14. The van der Waals surface area contributed by atoms with Crippen LogP contribution in [0.25, 0.3) is 0 Å². The third kappa shape index (κ3) is 4.81. The Morgan fingerprint density at radius 1 is 1.23 bits per heavy atom. The first-order valence-electron chi connectivity index (χ1n) is 6.61. The van der Waals surface area contributed by atoms with Gasteiger partial charge in [-0.15, -0.1) is 0 Å². The number of carboxylic acids is 1. The number of carbonyl (C=O) groups is 2. The Balaban J connectivity index is 2.98. The molecule has 0 spiro atoms. The molecule has 0 bridgehead atoms. The number of methoxy groups -OCH3 is 1. The van der Waals surface area contributed by atoms with Gasteiger partial charge >= 0.3 is 11.9 Å². The average molecular weight is 329 g/mol. The van der Waals surface area contributed by atoms with Gasteiger partial charge in [0.15, 0.2) is 0 Å². The molecule has 0 saturated heterocycles. The topological polar surface area (TPSA) is 110 Å². The molecule has 0 fully saturated rings. The van der Waals surface area contributed by atoms with E-state index in [1.54, 1.807) is 13.8 Å². The lowest BCUT2D eigenvalue weighted by Crippen LogP contribution is -2.41. The van der Waals surface area contributed by atoms with Crippen molar-refractivity contribution in [1.29, 1.82) is 0 Å². The lowest BCUT2D eigenvalue weighted by molar-refractivity contribution is -0.139. The van der Waals surface area contributed by atoms with E-state index in [4.69, 9.17) is 5.11 Å². The number of nitrogens with one attached hydrogen (secondary N) is 1. The molecule has 0 radical (unpaired) electrons. The smallest absolute Gasteiger partial charge is 0.337 e. The summed E-state index contributed by atoms with van der Waals surface area (Å²) in [4.78, 5) is 22.3. The molecule has 1 rings (SSSR count).